The van der Waals surface area contributed by atoms with E-state index >= 15 is 0 Å². The molecule has 1 aliphatic rings. The van der Waals surface area contributed by atoms with Crippen molar-refractivity contribution < 1.29 is 27.4 Å². The number of hydrogen-bond donors (Lipinski definition) is 1. The number of ether oxygens (including phenoxy) is 2. The molecule has 1 fully saturated rings. The van der Waals surface area contributed by atoms with Gasteiger partial charge < -0.3 is 14.8 Å². The molecule has 0 spiro atoms. The Kier molecular flexibility index (Phi) is 5.49. The van der Waals surface area contributed by atoms with Crippen LogP contribution in [0.15, 0.2) is 12.1 Å². The first-order valence-corrected chi connectivity index (χ1v) is 7.72. The number of nitrogens with zero attached hydrogens (tertiary/aromatic N) is 1. The molecule has 2 rings (SSSR count). The van der Waals surface area contributed by atoms with Gasteiger partial charge in [0, 0.05) is 13.0 Å². The Morgan fingerprint density at radius 2 is 2.00 bits per heavy atom. The Hall–Kier alpha value is -1.67. The number of hydrogen-bond acceptors (Lipinski definition) is 4. The van der Waals surface area contributed by atoms with Gasteiger partial charge in [-0.3, -0.25) is 4.79 Å². The molecular weight excluding hydrogens is 325 g/mol. The largest absolute Gasteiger partial charge is 0.433 e. The highest BCUT2D eigenvalue weighted by Gasteiger charge is 2.34. The van der Waals surface area contributed by atoms with Crippen LogP contribution >= 0.6 is 0 Å². The van der Waals surface area contributed by atoms with Gasteiger partial charge in [0.25, 0.3) is 5.91 Å². The molecular formula is C16H21F3N2O3. The summed E-state index contributed by atoms with van der Waals surface area (Å²) in [6.45, 7) is 6.63. The summed E-state index contributed by atoms with van der Waals surface area (Å²) >= 11 is 0. The number of carbonyl (C=O) groups is 1. The zero-order chi connectivity index (χ0) is 18.0. The number of rotatable bonds is 5. The van der Waals surface area contributed by atoms with Gasteiger partial charge >= 0.3 is 6.18 Å². The number of amides is 1. The van der Waals surface area contributed by atoms with E-state index in [0.717, 1.165) is 12.1 Å². The quantitative estimate of drug-likeness (QED) is 0.891. The highest BCUT2D eigenvalue weighted by molar-refractivity contribution is 5.95. The van der Waals surface area contributed by atoms with Crippen molar-refractivity contribution in [3.05, 3.63) is 29.1 Å². The van der Waals surface area contributed by atoms with Crippen molar-refractivity contribution in [3.63, 3.8) is 0 Å². The van der Waals surface area contributed by atoms with Crippen molar-refractivity contribution in [1.29, 1.82) is 0 Å². The number of halogens is 3. The number of aryl methyl sites for hydroxylation is 1. The van der Waals surface area contributed by atoms with Crippen LogP contribution in [0.1, 0.15) is 42.0 Å². The van der Waals surface area contributed by atoms with Gasteiger partial charge in [-0.15, -0.1) is 0 Å². The molecule has 1 atom stereocenters. The molecule has 0 unspecified atom stereocenters. The van der Waals surface area contributed by atoms with Crippen LogP contribution in [-0.2, 0) is 15.7 Å². The zero-order valence-corrected chi connectivity index (χ0v) is 13.9. The molecule has 1 aliphatic heterocycles. The Labute approximate surface area is 138 Å². The van der Waals surface area contributed by atoms with Crippen LogP contribution in [0.5, 0.6) is 0 Å². The van der Waals surface area contributed by atoms with E-state index in [1.54, 1.807) is 0 Å². The van der Waals surface area contributed by atoms with Crippen LogP contribution in [0.2, 0.25) is 0 Å². The SMILES string of the molecule is Cc1nc(C(F)(F)F)ccc1C(=O)NC[C@@H](C)CC1(C)OCCO1. The predicted molar refractivity (Wildman–Crippen MR) is 80.4 cm³/mol. The normalized spacial score (nSPS) is 18.4. The van der Waals surface area contributed by atoms with E-state index in [-0.39, 0.29) is 17.2 Å². The van der Waals surface area contributed by atoms with Crippen molar-refractivity contribution in [1.82, 2.24) is 10.3 Å². The minimum atomic E-state index is -4.52. The molecule has 24 heavy (non-hydrogen) atoms. The maximum Gasteiger partial charge on any atom is 0.433 e. The number of carbonyl (C=O) groups excluding carboxylic acids is 1. The Bertz CT molecular complexity index is 599. The Balaban J connectivity index is 1.92. The summed E-state index contributed by atoms with van der Waals surface area (Å²) in [5, 5.41) is 2.72. The minimum Gasteiger partial charge on any atom is -0.352 e. The number of nitrogens with one attached hydrogen (secondary N) is 1. The monoisotopic (exact) mass is 346 g/mol. The Morgan fingerprint density at radius 3 is 2.54 bits per heavy atom. The molecule has 134 valence electrons. The highest BCUT2D eigenvalue weighted by atomic mass is 19.4. The third kappa shape index (κ3) is 4.67. The second-order valence-corrected chi connectivity index (χ2v) is 6.18. The van der Waals surface area contributed by atoms with Crippen molar-refractivity contribution in [2.24, 2.45) is 5.92 Å². The predicted octanol–water partition coefficient (Wildman–Crippen LogP) is 2.93. The van der Waals surface area contributed by atoms with E-state index in [0.29, 0.717) is 26.2 Å². The summed E-state index contributed by atoms with van der Waals surface area (Å²) in [5.41, 5.74) is -0.826. The molecule has 1 amide bonds. The highest BCUT2D eigenvalue weighted by Crippen LogP contribution is 2.28. The van der Waals surface area contributed by atoms with Crippen molar-refractivity contribution >= 4 is 5.91 Å². The molecule has 1 aromatic rings. The van der Waals surface area contributed by atoms with Gasteiger partial charge in [0.1, 0.15) is 5.69 Å². The number of aromatic nitrogens is 1. The lowest BCUT2D eigenvalue weighted by Crippen LogP contribution is -2.34. The van der Waals surface area contributed by atoms with Gasteiger partial charge in [-0.05, 0) is 31.9 Å². The first-order chi connectivity index (χ1) is 11.1. The van der Waals surface area contributed by atoms with Crippen LogP contribution in [0.4, 0.5) is 13.2 Å². The molecule has 1 aromatic heterocycles. The minimum absolute atomic E-state index is 0.0457. The third-order valence-corrected chi connectivity index (χ3v) is 3.85. The molecule has 0 aliphatic carbocycles. The topological polar surface area (TPSA) is 60.5 Å². The molecule has 1 saturated heterocycles. The average molecular weight is 346 g/mol. The van der Waals surface area contributed by atoms with E-state index in [1.807, 2.05) is 13.8 Å². The van der Waals surface area contributed by atoms with Gasteiger partial charge in [0.2, 0.25) is 0 Å². The van der Waals surface area contributed by atoms with Crippen LogP contribution < -0.4 is 5.32 Å². The van der Waals surface area contributed by atoms with E-state index in [1.165, 1.54) is 6.92 Å². The summed E-state index contributed by atoms with van der Waals surface area (Å²) in [5.74, 6) is -1.01. The second-order valence-electron chi connectivity index (χ2n) is 6.18. The maximum atomic E-state index is 12.6. The summed E-state index contributed by atoms with van der Waals surface area (Å²) in [4.78, 5) is 15.6. The van der Waals surface area contributed by atoms with Gasteiger partial charge in [-0.25, -0.2) is 4.98 Å². The molecule has 0 aromatic carbocycles. The molecule has 1 N–H and O–H groups in total. The maximum absolute atomic E-state index is 12.6. The van der Waals surface area contributed by atoms with E-state index in [2.05, 4.69) is 10.3 Å². The van der Waals surface area contributed by atoms with Crippen molar-refractivity contribution in [3.8, 4) is 0 Å². The van der Waals surface area contributed by atoms with Crippen LogP contribution in [-0.4, -0.2) is 36.4 Å². The molecule has 0 bridgehead atoms. The fourth-order valence-corrected chi connectivity index (χ4v) is 2.70. The van der Waals surface area contributed by atoms with Crippen molar-refractivity contribution in [2.45, 2.75) is 39.2 Å². The molecule has 0 radical (unpaired) electrons. The first-order valence-electron chi connectivity index (χ1n) is 7.72. The molecule has 0 saturated carbocycles. The van der Waals surface area contributed by atoms with E-state index < -0.39 is 23.6 Å². The van der Waals surface area contributed by atoms with Crippen LogP contribution in [0.3, 0.4) is 0 Å². The second kappa shape index (κ2) is 7.06. The lowest BCUT2D eigenvalue weighted by Gasteiger charge is -2.26. The fraction of sp³-hybridized carbons (Fsp3) is 0.625. The van der Waals surface area contributed by atoms with Crippen LogP contribution in [0, 0.1) is 12.8 Å². The van der Waals surface area contributed by atoms with Gasteiger partial charge in [-0.2, -0.15) is 13.2 Å². The summed E-state index contributed by atoms with van der Waals surface area (Å²) in [6.07, 6.45) is -3.91. The smallest absolute Gasteiger partial charge is 0.352 e. The lowest BCUT2D eigenvalue weighted by molar-refractivity contribution is -0.153. The summed E-state index contributed by atoms with van der Waals surface area (Å²) < 4.78 is 48.8. The van der Waals surface area contributed by atoms with Gasteiger partial charge in [0.15, 0.2) is 5.79 Å². The molecule has 2 heterocycles. The van der Waals surface area contributed by atoms with Gasteiger partial charge in [-0.1, -0.05) is 6.92 Å². The zero-order valence-electron chi connectivity index (χ0n) is 13.9. The summed E-state index contributed by atoms with van der Waals surface area (Å²) in [6, 6.07) is 1.96. The van der Waals surface area contributed by atoms with Gasteiger partial charge in [0.05, 0.1) is 24.5 Å². The average Bonchev–Trinajstić information content (AvgIpc) is 2.90. The lowest BCUT2D eigenvalue weighted by atomic mass is 10.0. The number of alkyl halides is 3. The number of pyridine rings is 1. The van der Waals surface area contributed by atoms with E-state index in [9.17, 15) is 18.0 Å². The third-order valence-electron chi connectivity index (χ3n) is 3.85. The molecule has 8 heteroatoms. The van der Waals surface area contributed by atoms with Crippen molar-refractivity contribution in [2.75, 3.05) is 19.8 Å². The Morgan fingerprint density at radius 1 is 1.38 bits per heavy atom. The standard InChI is InChI=1S/C16H21F3N2O3/c1-10(8-15(3)23-6-7-24-15)9-20-14(22)12-4-5-13(16(17,18)19)21-11(12)2/h4-5,10H,6-9H2,1-3H3,(H,20,22)/t10-/m0/s1. The fourth-order valence-electron chi connectivity index (χ4n) is 2.70. The molecule has 5 nitrogen and oxygen atoms in total. The first kappa shape index (κ1) is 18.7. The van der Waals surface area contributed by atoms with E-state index in [4.69, 9.17) is 9.47 Å². The van der Waals surface area contributed by atoms with Crippen LogP contribution in [0.25, 0.3) is 0 Å². The summed E-state index contributed by atoms with van der Waals surface area (Å²) in [7, 11) is 0.